The number of fused-ring (bicyclic) bond motifs is 1. The molecule has 2 aromatic heterocycles. The molecule has 3 aromatic rings. The number of hydrogen-bond acceptors (Lipinski definition) is 6. The summed E-state index contributed by atoms with van der Waals surface area (Å²) in [6.45, 7) is 0. The Hall–Kier alpha value is -1.47. The highest BCUT2D eigenvalue weighted by Crippen LogP contribution is 2.31. The van der Waals surface area contributed by atoms with Crippen LogP contribution in [-0.2, 0) is 0 Å². The van der Waals surface area contributed by atoms with Crippen molar-refractivity contribution in [1.82, 2.24) is 15.0 Å². The van der Waals surface area contributed by atoms with Crippen LogP contribution in [0.3, 0.4) is 0 Å². The average Bonchev–Trinajstić information content (AvgIpc) is 3.00. The van der Waals surface area contributed by atoms with Crippen molar-refractivity contribution in [1.29, 1.82) is 0 Å². The summed E-state index contributed by atoms with van der Waals surface area (Å²) in [5, 5.41) is 7.31. The lowest BCUT2D eigenvalue weighted by Crippen LogP contribution is -2.28. The third kappa shape index (κ3) is 1.89. The Kier molecular flexibility index (Phi) is 3.00. The summed E-state index contributed by atoms with van der Waals surface area (Å²) in [5.41, 5.74) is 4.04. The summed E-state index contributed by atoms with van der Waals surface area (Å²) in [5.74, 6) is 6.21. The van der Waals surface area contributed by atoms with Gasteiger partial charge in [-0.3, -0.25) is 5.84 Å². The van der Waals surface area contributed by atoms with Crippen molar-refractivity contribution in [3.05, 3.63) is 46.1 Å². The van der Waals surface area contributed by atoms with E-state index in [0.717, 1.165) is 11.1 Å². The minimum Gasteiger partial charge on any atom is -0.457 e. The Labute approximate surface area is 112 Å². The standard InChI is InChI=1S/C11H9ClN4OS/c12-7-3-1-2-6-4-9(17-11(6)7)10(14-13)8-5-18-16-15-8/h1-5,10,14H,13H2. The topological polar surface area (TPSA) is 77.0 Å². The average molecular weight is 281 g/mol. The van der Waals surface area contributed by atoms with Gasteiger partial charge in [0.1, 0.15) is 17.5 Å². The van der Waals surface area contributed by atoms with Crippen LogP contribution in [0.25, 0.3) is 11.0 Å². The number of nitrogens with one attached hydrogen (secondary N) is 1. The Morgan fingerprint density at radius 1 is 1.44 bits per heavy atom. The zero-order valence-corrected chi connectivity index (χ0v) is 10.7. The molecule has 5 nitrogen and oxygen atoms in total. The summed E-state index contributed by atoms with van der Waals surface area (Å²) in [4.78, 5) is 0. The molecule has 0 aliphatic heterocycles. The summed E-state index contributed by atoms with van der Waals surface area (Å²) in [6, 6.07) is 7.16. The lowest BCUT2D eigenvalue weighted by molar-refractivity contribution is 0.471. The van der Waals surface area contributed by atoms with Crippen molar-refractivity contribution in [2.24, 2.45) is 5.84 Å². The molecule has 0 bridgehead atoms. The second kappa shape index (κ2) is 4.66. The molecule has 0 aliphatic carbocycles. The second-order valence-electron chi connectivity index (χ2n) is 3.74. The first-order chi connectivity index (χ1) is 8.79. The van der Waals surface area contributed by atoms with E-state index in [0.29, 0.717) is 16.4 Å². The Balaban J connectivity index is 2.11. The van der Waals surface area contributed by atoms with E-state index in [1.54, 1.807) is 6.07 Å². The molecule has 0 spiro atoms. The van der Waals surface area contributed by atoms with Crippen LogP contribution in [0.2, 0.25) is 5.02 Å². The van der Waals surface area contributed by atoms with Crippen molar-refractivity contribution in [2.75, 3.05) is 0 Å². The van der Waals surface area contributed by atoms with Gasteiger partial charge in [0.15, 0.2) is 5.58 Å². The number of hydrogen-bond donors (Lipinski definition) is 2. The van der Waals surface area contributed by atoms with Gasteiger partial charge in [0.2, 0.25) is 0 Å². The fraction of sp³-hybridized carbons (Fsp3) is 0.0909. The Morgan fingerprint density at radius 3 is 3.00 bits per heavy atom. The molecule has 0 saturated carbocycles. The van der Waals surface area contributed by atoms with Gasteiger partial charge in [-0.15, -0.1) is 5.10 Å². The number of furan rings is 1. The highest BCUT2D eigenvalue weighted by Gasteiger charge is 2.20. The van der Waals surface area contributed by atoms with Crippen molar-refractivity contribution in [3.8, 4) is 0 Å². The molecule has 1 unspecified atom stereocenters. The molecule has 0 fully saturated rings. The molecule has 92 valence electrons. The monoisotopic (exact) mass is 280 g/mol. The van der Waals surface area contributed by atoms with Crippen molar-refractivity contribution in [2.45, 2.75) is 6.04 Å². The summed E-state index contributed by atoms with van der Waals surface area (Å²) in [7, 11) is 0. The van der Waals surface area contributed by atoms with Gasteiger partial charge in [0.25, 0.3) is 0 Å². The largest absolute Gasteiger partial charge is 0.457 e. The SMILES string of the molecule is NNC(c1csnn1)c1cc2cccc(Cl)c2o1. The number of aromatic nitrogens is 2. The second-order valence-corrected chi connectivity index (χ2v) is 4.75. The summed E-state index contributed by atoms with van der Waals surface area (Å²) in [6.07, 6.45) is 0. The molecular weight excluding hydrogens is 272 g/mol. The number of halogens is 1. The minimum absolute atomic E-state index is 0.327. The highest BCUT2D eigenvalue weighted by molar-refractivity contribution is 7.03. The molecular formula is C11H9ClN4OS. The van der Waals surface area contributed by atoms with Crippen LogP contribution in [0.5, 0.6) is 0 Å². The van der Waals surface area contributed by atoms with Gasteiger partial charge in [-0.2, -0.15) is 0 Å². The van der Waals surface area contributed by atoms with Gasteiger partial charge < -0.3 is 4.42 Å². The van der Waals surface area contributed by atoms with E-state index in [1.165, 1.54) is 11.5 Å². The van der Waals surface area contributed by atoms with Crippen LogP contribution in [0.15, 0.2) is 34.1 Å². The van der Waals surface area contributed by atoms with Gasteiger partial charge in [-0.1, -0.05) is 28.2 Å². The fourth-order valence-electron chi connectivity index (χ4n) is 1.80. The number of hydrazine groups is 1. The smallest absolute Gasteiger partial charge is 0.152 e. The molecule has 1 aromatic carbocycles. The Morgan fingerprint density at radius 2 is 2.33 bits per heavy atom. The molecule has 1 atom stereocenters. The van der Waals surface area contributed by atoms with Crippen LogP contribution >= 0.6 is 23.1 Å². The molecule has 18 heavy (non-hydrogen) atoms. The molecule has 3 N–H and O–H groups in total. The van der Waals surface area contributed by atoms with Gasteiger partial charge in [-0.05, 0) is 23.7 Å². The van der Waals surface area contributed by atoms with Crippen LogP contribution in [-0.4, -0.2) is 9.59 Å². The van der Waals surface area contributed by atoms with Crippen LogP contribution in [0.1, 0.15) is 17.5 Å². The quantitative estimate of drug-likeness (QED) is 0.569. The first-order valence-electron chi connectivity index (χ1n) is 5.20. The van der Waals surface area contributed by atoms with E-state index < -0.39 is 0 Å². The van der Waals surface area contributed by atoms with Gasteiger partial charge >= 0.3 is 0 Å². The zero-order chi connectivity index (χ0) is 12.5. The lowest BCUT2D eigenvalue weighted by Gasteiger charge is -2.08. The number of nitrogens with zero attached hydrogens (tertiary/aromatic N) is 2. The first-order valence-corrected chi connectivity index (χ1v) is 6.42. The predicted octanol–water partition coefficient (Wildman–Crippen LogP) is 2.49. The molecule has 2 heterocycles. The normalized spacial score (nSPS) is 13.0. The summed E-state index contributed by atoms with van der Waals surface area (Å²) >= 11 is 7.34. The third-order valence-corrected chi connectivity index (χ3v) is 3.46. The molecule has 3 rings (SSSR count). The molecule has 0 aliphatic rings. The third-order valence-electron chi connectivity index (χ3n) is 2.64. The van der Waals surface area contributed by atoms with Crippen molar-refractivity contribution in [3.63, 3.8) is 0 Å². The van der Waals surface area contributed by atoms with Crippen molar-refractivity contribution >= 4 is 34.1 Å². The van der Waals surface area contributed by atoms with Crippen molar-refractivity contribution < 1.29 is 4.42 Å². The molecule has 0 amide bonds. The first kappa shape index (κ1) is 11.6. The molecule has 7 heteroatoms. The number of benzene rings is 1. The maximum Gasteiger partial charge on any atom is 0.152 e. The summed E-state index contributed by atoms with van der Waals surface area (Å²) < 4.78 is 9.55. The number of rotatable bonds is 3. The highest BCUT2D eigenvalue weighted by atomic mass is 35.5. The van der Waals surface area contributed by atoms with E-state index >= 15 is 0 Å². The zero-order valence-electron chi connectivity index (χ0n) is 9.13. The van der Waals surface area contributed by atoms with E-state index in [9.17, 15) is 0 Å². The lowest BCUT2D eigenvalue weighted by atomic mass is 10.1. The van der Waals surface area contributed by atoms with E-state index in [2.05, 4.69) is 15.0 Å². The number of nitrogens with two attached hydrogens (primary N) is 1. The van der Waals surface area contributed by atoms with Crippen LogP contribution in [0.4, 0.5) is 0 Å². The maximum atomic E-state index is 6.07. The number of para-hydroxylation sites is 1. The predicted molar refractivity (Wildman–Crippen MR) is 70.3 cm³/mol. The van der Waals surface area contributed by atoms with Gasteiger partial charge in [0, 0.05) is 10.8 Å². The van der Waals surface area contributed by atoms with E-state index in [4.69, 9.17) is 21.9 Å². The Bertz CT molecular complexity index is 667. The molecule has 0 saturated heterocycles. The van der Waals surface area contributed by atoms with Gasteiger partial charge in [0.05, 0.1) is 5.02 Å². The van der Waals surface area contributed by atoms with E-state index in [1.807, 2.05) is 23.6 Å². The van der Waals surface area contributed by atoms with E-state index in [-0.39, 0.29) is 6.04 Å². The van der Waals surface area contributed by atoms with Crippen LogP contribution < -0.4 is 11.3 Å². The van der Waals surface area contributed by atoms with Gasteiger partial charge in [-0.25, -0.2) is 5.43 Å². The fourth-order valence-corrected chi connectivity index (χ4v) is 2.50. The minimum atomic E-state index is -0.327. The van der Waals surface area contributed by atoms with Crippen LogP contribution in [0, 0.1) is 0 Å². The maximum absolute atomic E-state index is 6.07. The molecule has 0 radical (unpaired) electrons.